The van der Waals surface area contributed by atoms with Crippen LogP contribution < -0.4 is 16.8 Å². The molecular formula is C8H15N3. The zero-order valence-corrected chi connectivity index (χ0v) is 6.96. The van der Waals surface area contributed by atoms with Crippen LogP contribution in [0, 0.1) is 0 Å². The van der Waals surface area contributed by atoms with Crippen LogP contribution in [0.1, 0.15) is 6.92 Å². The lowest BCUT2D eigenvalue weighted by Crippen LogP contribution is -2.56. The number of likely N-dealkylation sites (N-methyl/N-ethyl adjacent to an activating group) is 1. The summed E-state index contributed by atoms with van der Waals surface area (Å²) in [5, 5.41) is 3.07. The van der Waals surface area contributed by atoms with Gasteiger partial charge in [-0.05, 0) is 20.0 Å². The number of hydrogen-bond donors (Lipinski definition) is 3. The van der Waals surface area contributed by atoms with Crippen molar-refractivity contribution >= 4 is 0 Å². The molecule has 0 aromatic heterocycles. The summed E-state index contributed by atoms with van der Waals surface area (Å²) in [4.78, 5) is 0. The topological polar surface area (TPSA) is 64.1 Å². The normalized spacial score (nSPS) is 37.0. The van der Waals surface area contributed by atoms with Gasteiger partial charge in [-0.2, -0.15) is 0 Å². The maximum absolute atomic E-state index is 5.95. The summed E-state index contributed by atoms with van der Waals surface area (Å²) in [6, 6.07) is 0.0486. The third-order valence-electron chi connectivity index (χ3n) is 1.99. The molecule has 0 spiro atoms. The standard InChI is InChI=1S/C8H15N3/c1-8(10)5-3-4-6(9)7(8)11-2/h3-5,7,11H,9-10H2,1-2H3. The highest BCUT2D eigenvalue weighted by atomic mass is 15.0. The average Bonchev–Trinajstić information content (AvgIpc) is 1.86. The molecule has 0 radical (unpaired) electrons. The predicted molar refractivity (Wildman–Crippen MR) is 46.9 cm³/mol. The van der Waals surface area contributed by atoms with Crippen molar-refractivity contribution in [2.45, 2.75) is 18.5 Å². The van der Waals surface area contributed by atoms with Gasteiger partial charge in [0, 0.05) is 5.70 Å². The van der Waals surface area contributed by atoms with Crippen LogP contribution >= 0.6 is 0 Å². The lowest BCUT2D eigenvalue weighted by Gasteiger charge is -2.33. The van der Waals surface area contributed by atoms with Gasteiger partial charge in [0.2, 0.25) is 0 Å². The Morgan fingerprint density at radius 1 is 1.64 bits per heavy atom. The SMILES string of the molecule is CNC1C(N)=CC=CC1(C)N. The molecule has 62 valence electrons. The summed E-state index contributed by atoms with van der Waals surface area (Å²) in [5.41, 5.74) is 12.1. The van der Waals surface area contributed by atoms with Crippen molar-refractivity contribution in [1.29, 1.82) is 0 Å². The van der Waals surface area contributed by atoms with Gasteiger partial charge in [-0.3, -0.25) is 0 Å². The van der Waals surface area contributed by atoms with Crippen LogP contribution in [0.15, 0.2) is 23.9 Å². The van der Waals surface area contributed by atoms with E-state index in [9.17, 15) is 0 Å². The van der Waals surface area contributed by atoms with Crippen LogP contribution in [0.25, 0.3) is 0 Å². The highest BCUT2D eigenvalue weighted by Gasteiger charge is 2.29. The lowest BCUT2D eigenvalue weighted by molar-refractivity contribution is 0.436. The molecule has 0 amide bonds. The fraction of sp³-hybridized carbons (Fsp3) is 0.500. The zero-order chi connectivity index (χ0) is 8.48. The Kier molecular flexibility index (Phi) is 2.02. The summed E-state index contributed by atoms with van der Waals surface area (Å²) in [6.45, 7) is 1.95. The van der Waals surface area contributed by atoms with E-state index in [1.165, 1.54) is 0 Å². The second-order valence-corrected chi connectivity index (χ2v) is 3.11. The quantitative estimate of drug-likeness (QED) is 0.485. The maximum atomic E-state index is 5.95. The van der Waals surface area contributed by atoms with E-state index in [1.54, 1.807) is 0 Å². The third-order valence-corrected chi connectivity index (χ3v) is 1.99. The second kappa shape index (κ2) is 2.68. The van der Waals surface area contributed by atoms with Crippen molar-refractivity contribution in [1.82, 2.24) is 5.32 Å². The fourth-order valence-electron chi connectivity index (χ4n) is 1.40. The molecule has 0 bridgehead atoms. The van der Waals surface area contributed by atoms with Crippen LogP contribution in [-0.4, -0.2) is 18.6 Å². The Balaban J connectivity index is 2.88. The smallest absolute Gasteiger partial charge is 0.0681 e. The molecule has 2 unspecified atom stereocenters. The molecule has 1 aliphatic carbocycles. The first-order valence-electron chi connectivity index (χ1n) is 3.69. The second-order valence-electron chi connectivity index (χ2n) is 3.11. The fourth-order valence-corrected chi connectivity index (χ4v) is 1.40. The van der Waals surface area contributed by atoms with Crippen molar-refractivity contribution in [3.63, 3.8) is 0 Å². The molecule has 1 aliphatic rings. The van der Waals surface area contributed by atoms with Gasteiger partial charge in [0.15, 0.2) is 0 Å². The highest BCUT2D eigenvalue weighted by Crippen LogP contribution is 2.17. The van der Waals surface area contributed by atoms with Gasteiger partial charge in [0.05, 0.1) is 11.6 Å². The molecule has 0 heterocycles. The van der Waals surface area contributed by atoms with Crippen LogP contribution in [-0.2, 0) is 0 Å². The first-order chi connectivity index (χ1) is 5.08. The molecule has 11 heavy (non-hydrogen) atoms. The molecule has 5 N–H and O–H groups in total. The monoisotopic (exact) mass is 153 g/mol. The van der Waals surface area contributed by atoms with Gasteiger partial charge < -0.3 is 16.8 Å². The molecular weight excluding hydrogens is 138 g/mol. The van der Waals surface area contributed by atoms with Crippen LogP contribution in [0.5, 0.6) is 0 Å². The number of rotatable bonds is 1. The van der Waals surface area contributed by atoms with E-state index in [4.69, 9.17) is 11.5 Å². The minimum Gasteiger partial charge on any atom is -0.401 e. The summed E-state index contributed by atoms with van der Waals surface area (Å²) < 4.78 is 0. The van der Waals surface area contributed by atoms with Gasteiger partial charge >= 0.3 is 0 Å². The van der Waals surface area contributed by atoms with E-state index < -0.39 is 0 Å². The lowest BCUT2D eigenvalue weighted by atomic mass is 9.87. The molecule has 0 saturated heterocycles. The molecule has 0 aromatic carbocycles. The number of hydrogen-bond acceptors (Lipinski definition) is 3. The summed E-state index contributed by atoms with van der Waals surface area (Å²) in [7, 11) is 1.86. The Labute approximate surface area is 67.1 Å². The minimum atomic E-state index is -0.367. The van der Waals surface area contributed by atoms with E-state index in [2.05, 4.69) is 5.32 Å². The number of allylic oxidation sites excluding steroid dienone is 2. The van der Waals surface area contributed by atoms with Gasteiger partial charge in [0.25, 0.3) is 0 Å². The van der Waals surface area contributed by atoms with Gasteiger partial charge in [-0.1, -0.05) is 12.2 Å². The van der Waals surface area contributed by atoms with Crippen LogP contribution in [0.2, 0.25) is 0 Å². The summed E-state index contributed by atoms with van der Waals surface area (Å²) in [5.74, 6) is 0. The summed E-state index contributed by atoms with van der Waals surface area (Å²) >= 11 is 0. The first kappa shape index (κ1) is 8.30. The number of nitrogens with two attached hydrogens (primary N) is 2. The number of nitrogens with one attached hydrogen (secondary N) is 1. The first-order valence-corrected chi connectivity index (χ1v) is 3.69. The van der Waals surface area contributed by atoms with Crippen molar-refractivity contribution in [2.24, 2.45) is 11.5 Å². The molecule has 0 aliphatic heterocycles. The molecule has 3 nitrogen and oxygen atoms in total. The maximum Gasteiger partial charge on any atom is 0.0681 e. The van der Waals surface area contributed by atoms with E-state index in [0.29, 0.717) is 0 Å². The van der Waals surface area contributed by atoms with Crippen molar-refractivity contribution in [2.75, 3.05) is 7.05 Å². The molecule has 2 atom stereocenters. The minimum absolute atomic E-state index is 0.0486. The van der Waals surface area contributed by atoms with Gasteiger partial charge in [-0.25, -0.2) is 0 Å². The van der Waals surface area contributed by atoms with Crippen molar-refractivity contribution < 1.29 is 0 Å². The van der Waals surface area contributed by atoms with E-state index in [-0.39, 0.29) is 11.6 Å². The van der Waals surface area contributed by atoms with Crippen LogP contribution in [0.3, 0.4) is 0 Å². The van der Waals surface area contributed by atoms with E-state index in [1.807, 2.05) is 32.2 Å². The Morgan fingerprint density at radius 2 is 2.27 bits per heavy atom. The third kappa shape index (κ3) is 1.44. The van der Waals surface area contributed by atoms with Gasteiger partial charge in [-0.15, -0.1) is 0 Å². The molecule has 0 aromatic rings. The highest BCUT2D eigenvalue weighted by molar-refractivity contribution is 5.30. The average molecular weight is 153 g/mol. The summed E-state index contributed by atoms with van der Waals surface area (Å²) in [6.07, 6.45) is 5.71. The zero-order valence-electron chi connectivity index (χ0n) is 6.96. The predicted octanol–water partition coefficient (Wildman–Crippen LogP) is -0.296. The molecule has 0 fully saturated rings. The Bertz CT molecular complexity index is 203. The van der Waals surface area contributed by atoms with Crippen molar-refractivity contribution in [3.8, 4) is 0 Å². The van der Waals surface area contributed by atoms with Gasteiger partial charge in [0.1, 0.15) is 0 Å². The Hall–Kier alpha value is -0.800. The molecule has 3 heteroatoms. The molecule has 1 rings (SSSR count). The van der Waals surface area contributed by atoms with Crippen LogP contribution in [0.4, 0.5) is 0 Å². The van der Waals surface area contributed by atoms with Crippen molar-refractivity contribution in [3.05, 3.63) is 23.9 Å². The van der Waals surface area contributed by atoms with E-state index >= 15 is 0 Å². The van der Waals surface area contributed by atoms with E-state index in [0.717, 1.165) is 5.70 Å². The Morgan fingerprint density at radius 3 is 2.64 bits per heavy atom. The molecule has 0 saturated carbocycles. The largest absolute Gasteiger partial charge is 0.401 e.